The first-order valence-electron chi connectivity index (χ1n) is 5.69. The van der Waals surface area contributed by atoms with Gasteiger partial charge in [0.05, 0.1) is 5.56 Å². The van der Waals surface area contributed by atoms with Crippen molar-refractivity contribution < 1.29 is 4.74 Å². The van der Waals surface area contributed by atoms with Crippen LogP contribution in [0.1, 0.15) is 12.5 Å². The van der Waals surface area contributed by atoms with Crippen LogP contribution in [-0.4, -0.2) is 16.5 Å². The van der Waals surface area contributed by atoms with Crippen LogP contribution >= 0.6 is 22.6 Å². The van der Waals surface area contributed by atoms with Crippen molar-refractivity contribution in [3.05, 3.63) is 39.7 Å². The number of nitrogens with zero attached hydrogens (tertiary/aromatic N) is 2. The Hall–Kier alpha value is -1.37. The van der Waals surface area contributed by atoms with Gasteiger partial charge in [-0.2, -0.15) is 0 Å². The Morgan fingerprint density at radius 1 is 1.22 bits per heavy atom. The molecular formula is C13H14IN3O. The summed E-state index contributed by atoms with van der Waals surface area (Å²) in [6.07, 6.45) is 1.51. The van der Waals surface area contributed by atoms with Gasteiger partial charge in [-0.1, -0.05) is 0 Å². The van der Waals surface area contributed by atoms with Crippen LogP contribution in [0.2, 0.25) is 0 Å². The van der Waals surface area contributed by atoms with E-state index in [0.29, 0.717) is 5.88 Å². The van der Waals surface area contributed by atoms with Gasteiger partial charge in [-0.05, 0) is 60.7 Å². The van der Waals surface area contributed by atoms with Gasteiger partial charge in [-0.25, -0.2) is 9.97 Å². The highest BCUT2D eigenvalue weighted by Gasteiger charge is 2.08. The first-order valence-corrected chi connectivity index (χ1v) is 6.77. The highest BCUT2D eigenvalue weighted by atomic mass is 127. The summed E-state index contributed by atoms with van der Waals surface area (Å²) in [6.45, 7) is 4.79. The summed E-state index contributed by atoms with van der Waals surface area (Å²) in [5.74, 6) is 2.18. The molecular weight excluding hydrogens is 341 g/mol. The van der Waals surface area contributed by atoms with Crippen LogP contribution in [0.3, 0.4) is 0 Å². The number of nitrogens with one attached hydrogen (secondary N) is 1. The average molecular weight is 355 g/mol. The minimum atomic E-state index is 0.585. The van der Waals surface area contributed by atoms with E-state index in [2.05, 4.69) is 37.9 Å². The van der Waals surface area contributed by atoms with Gasteiger partial charge >= 0.3 is 0 Å². The summed E-state index contributed by atoms with van der Waals surface area (Å²) in [5.41, 5.74) is 0.915. The number of anilines is 1. The molecule has 1 aromatic heterocycles. The van der Waals surface area contributed by atoms with Crippen LogP contribution in [0.15, 0.2) is 30.6 Å². The summed E-state index contributed by atoms with van der Waals surface area (Å²) in [4.78, 5) is 8.34. The molecule has 0 unspecified atom stereocenters. The van der Waals surface area contributed by atoms with E-state index in [4.69, 9.17) is 4.74 Å². The van der Waals surface area contributed by atoms with E-state index in [1.165, 1.54) is 9.90 Å². The molecule has 2 rings (SSSR count). The number of ether oxygens (including phenoxy) is 1. The second-order valence-electron chi connectivity index (χ2n) is 3.74. The fourth-order valence-electron chi connectivity index (χ4n) is 1.50. The highest BCUT2D eigenvalue weighted by molar-refractivity contribution is 14.1. The maximum atomic E-state index is 5.76. The maximum Gasteiger partial charge on any atom is 0.227 e. The number of hydrogen-bond donors (Lipinski definition) is 1. The fraction of sp³-hybridized carbons (Fsp3) is 0.231. The Morgan fingerprint density at radius 3 is 2.61 bits per heavy atom. The van der Waals surface area contributed by atoms with Gasteiger partial charge < -0.3 is 10.1 Å². The van der Waals surface area contributed by atoms with Crippen LogP contribution in [0, 0.1) is 10.5 Å². The Bertz CT molecular complexity index is 528. The quantitative estimate of drug-likeness (QED) is 0.852. The standard InChI is InChI=1S/C13H14IN3O/c1-3-15-12-9(2)13(17-8-16-12)18-11-6-4-10(14)5-7-11/h4-8H,3H2,1-2H3,(H,15,16,17). The van der Waals surface area contributed by atoms with Crippen LogP contribution in [-0.2, 0) is 0 Å². The van der Waals surface area contributed by atoms with Gasteiger partial charge in [0.25, 0.3) is 0 Å². The first kappa shape index (κ1) is 13.1. The molecule has 1 N–H and O–H groups in total. The molecule has 0 saturated heterocycles. The first-order chi connectivity index (χ1) is 8.70. The van der Waals surface area contributed by atoms with E-state index < -0.39 is 0 Å². The van der Waals surface area contributed by atoms with Crippen molar-refractivity contribution in [3.63, 3.8) is 0 Å². The van der Waals surface area contributed by atoms with Crippen molar-refractivity contribution in [2.75, 3.05) is 11.9 Å². The zero-order chi connectivity index (χ0) is 13.0. The van der Waals surface area contributed by atoms with Crippen molar-refractivity contribution in [3.8, 4) is 11.6 Å². The molecule has 0 aliphatic carbocycles. The lowest BCUT2D eigenvalue weighted by Gasteiger charge is -2.10. The minimum Gasteiger partial charge on any atom is -0.439 e. The Labute approximate surface area is 120 Å². The van der Waals surface area contributed by atoms with E-state index in [1.54, 1.807) is 0 Å². The lowest BCUT2D eigenvalue weighted by Crippen LogP contribution is -2.03. The summed E-state index contributed by atoms with van der Waals surface area (Å²) in [5, 5.41) is 3.18. The number of halogens is 1. The molecule has 0 amide bonds. The van der Waals surface area contributed by atoms with E-state index >= 15 is 0 Å². The van der Waals surface area contributed by atoms with Crippen LogP contribution < -0.4 is 10.1 Å². The predicted molar refractivity (Wildman–Crippen MR) is 80.2 cm³/mol. The molecule has 18 heavy (non-hydrogen) atoms. The molecule has 0 bridgehead atoms. The molecule has 1 aromatic carbocycles. The van der Waals surface area contributed by atoms with E-state index in [1.807, 2.05) is 38.1 Å². The minimum absolute atomic E-state index is 0.585. The fourth-order valence-corrected chi connectivity index (χ4v) is 1.86. The zero-order valence-electron chi connectivity index (χ0n) is 10.3. The third kappa shape index (κ3) is 3.10. The Morgan fingerprint density at radius 2 is 1.94 bits per heavy atom. The van der Waals surface area contributed by atoms with Crippen LogP contribution in [0.25, 0.3) is 0 Å². The van der Waals surface area contributed by atoms with Gasteiger partial charge in [0, 0.05) is 10.1 Å². The molecule has 4 nitrogen and oxygen atoms in total. The summed E-state index contributed by atoms with van der Waals surface area (Å²) in [6, 6.07) is 7.85. The van der Waals surface area contributed by atoms with Crippen molar-refractivity contribution in [2.24, 2.45) is 0 Å². The molecule has 0 radical (unpaired) electrons. The maximum absolute atomic E-state index is 5.76. The van der Waals surface area contributed by atoms with Crippen molar-refractivity contribution >= 4 is 28.4 Å². The predicted octanol–water partition coefficient (Wildman–Crippen LogP) is 3.61. The monoisotopic (exact) mass is 355 g/mol. The lowest BCUT2D eigenvalue weighted by atomic mass is 10.3. The van der Waals surface area contributed by atoms with Crippen LogP contribution in [0.5, 0.6) is 11.6 Å². The van der Waals surface area contributed by atoms with Crippen molar-refractivity contribution in [1.82, 2.24) is 9.97 Å². The summed E-state index contributed by atoms with van der Waals surface area (Å²) >= 11 is 2.26. The van der Waals surface area contributed by atoms with Gasteiger partial charge in [-0.15, -0.1) is 0 Å². The number of rotatable bonds is 4. The highest BCUT2D eigenvalue weighted by Crippen LogP contribution is 2.26. The van der Waals surface area contributed by atoms with E-state index in [0.717, 1.165) is 23.7 Å². The Kier molecular flexibility index (Phi) is 4.35. The SMILES string of the molecule is CCNc1ncnc(Oc2ccc(I)cc2)c1C. The molecule has 94 valence electrons. The summed E-state index contributed by atoms with van der Waals surface area (Å²) < 4.78 is 6.93. The second kappa shape index (κ2) is 5.99. The normalized spacial score (nSPS) is 10.2. The molecule has 0 atom stereocenters. The average Bonchev–Trinajstić information content (AvgIpc) is 2.37. The zero-order valence-corrected chi connectivity index (χ0v) is 12.4. The summed E-state index contributed by atoms with van der Waals surface area (Å²) in [7, 11) is 0. The van der Waals surface area contributed by atoms with Gasteiger partial charge in [0.15, 0.2) is 0 Å². The Balaban J connectivity index is 2.23. The van der Waals surface area contributed by atoms with E-state index in [-0.39, 0.29) is 0 Å². The van der Waals surface area contributed by atoms with Crippen molar-refractivity contribution in [1.29, 1.82) is 0 Å². The lowest BCUT2D eigenvalue weighted by molar-refractivity contribution is 0.457. The molecule has 1 heterocycles. The third-order valence-electron chi connectivity index (χ3n) is 2.41. The molecule has 2 aromatic rings. The van der Waals surface area contributed by atoms with Gasteiger partial charge in [0.1, 0.15) is 17.9 Å². The van der Waals surface area contributed by atoms with E-state index in [9.17, 15) is 0 Å². The second-order valence-corrected chi connectivity index (χ2v) is 4.98. The molecule has 0 spiro atoms. The third-order valence-corrected chi connectivity index (χ3v) is 3.13. The molecule has 0 saturated carbocycles. The number of hydrogen-bond acceptors (Lipinski definition) is 4. The van der Waals surface area contributed by atoms with Crippen molar-refractivity contribution in [2.45, 2.75) is 13.8 Å². The topological polar surface area (TPSA) is 47.0 Å². The number of benzene rings is 1. The molecule has 0 aliphatic heterocycles. The molecule has 0 fully saturated rings. The van der Waals surface area contributed by atoms with Crippen LogP contribution in [0.4, 0.5) is 5.82 Å². The van der Waals surface area contributed by atoms with Gasteiger partial charge in [0.2, 0.25) is 5.88 Å². The van der Waals surface area contributed by atoms with Gasteiger partial charge in [-0.3, -0.25) is 0 Å². The molecule has 5 heteroatoms. The number of aromatic nitrogens is 2. The largest absolute Gasteiger partial charge is 0.439 e. The molecule has 0 aliphatic rings. The smallest absolute Gasteiger partial charge is 0.227 e.